The van der Waals surface area contributed by atoms with Crippen molar-refractivity contribution in [3.63, 3.8) is 0 Å². The van der Waals surface area contributed by atoms with Crippen molar-refractivity contribution < 1.29 is 19.4 Å². The molecule has 27 heavy (non-hydrogen) atoms. The van der Waals surface area contributed by atoms with E-state index in [1.54, 1.807) is 12.0 Å². The molecule has 0 aliphatic carbocycles. The Hall–Kier alpha value is -2.12. The van der Waals surface area contributed by atoms with Crippen LogP contribution >= 0.6 is 0 Å². The fourth-order valence-electron chi connectivity index (χ4n) is 3.78. The fourth-order valence-corrected chi connectivity index (χ4v) is 3.78. The largest absolute Gasteiger partial charge is 0.497 e. The summed E-state index contributed by atoms with van der Waals surface area (Å²) in [4.78, 5) is 31.1. The Morgan fingerprint density at radius 3 is 2.37 bits per heavy atom. The second-order valence-corrected chi connectivity index (χ2v) is 7.89. The van der Waals surface area contributed by atoms with E-state index in [4.69, 9.17) is 4.74 Å². The van der Waals surface area contributed by atoms with Crippen LogP contribution < -0.4 is 9.64 Å². The van der Waals surface area contributed by atoms with Crippen LogP contribution in [0.2, 0.25) is 0 Å². The Kier molecular flexibility index (Phi) is 5.72. The van der Waals surface area contributed by atoms with Gasteiger partial charge in [-0.2, -0.15) is 0 Å². The Balaban J connectivity index is 1.59. The highest BCUT2D eigenvalue weighted by molar-refractivity contribution is 6.00. The Labute approximate surface area is 160 Å². The van der Waals surface area contributed by atoms with Gasteiger partial charge < -0.3 is 19.6 Å². The molecule has 1 aromatic carbocycles. The molecule has 1 aromatic rings. The maximum Gasteiger partial charge on any atom is 0.228 e. The first-order chi connectivity index (χ1) is 12.9. The third-order valence-electron chi connectivity index (χ3n) is 5.69. The topological polar surface area (TPSA) is 73.3 Å². The minimum Gasteiger partial charge on any atom is -0.497 e. The van der Waals surface area contributed by atoms with Crippen LogP contribution in [0.4, 0.5) is 5.69 Å². The van der Waals surface area contributed by atoms with Crippen LogP contribution in [-0.2, 0) is 9.59 Å². The number of hydrogen-bond donors (Lipinski definition) is 1. The summed E-state index contributed by atoms with van der Waals surface area (Å²) < 4.78 is 5.15. The van der Waals surface area contributed by atoms with E-state index in [0.29, 0.717) is 19.6 Å². The van der Waals surface area contributed by atoms with Crippen LogP contribution in [0.25, 0.3) is 0 Å². The average Bonchev–Trinajstić information content (AvgIpc) is 3.09. The number of rotatable bonds is 5. The fraction of sp³-hybridized carbons (Fsp3) is 0.600. The van der Waals surface area contributed by atoms with Crippen LogP contribution in [0, 0.1) is 5.92 Å². The zero-order valence-corrected chi connectivity index (χ0v) is 16.4. The van der Waals surface area contributed by atoms with E-state index in [1.807, 2.05) is 43.0 Å². The molecule has 7 nitrogen and oxygen atoms in total. The first-order valence-electron chi connectivity index (χ1n) is 9.45. The molecule has 0 aromatic heterocycles. The van der Waals surface area contributed by atoms with Gasteiger partial charge in [0, 0.05) is 50.4 Å². The summed E-state index contributed by atoms with van der Waals surface area (Å²) in [6.07, 6.45) is 0.257. The van der Waals surface area contributed by atoms with Crippen molar-refractivity contribution in [2.24, 2.45) is 5.92 Å². The van der Waals surface area contributed by atoms with E-state index in [9.17, 15) is 14.7 Å². The van der Waals surface area contributed by atoms with Crippen molar-refractivity contribution >= 4 is 17.5 Å². The lowest BCUT2D eigenvalue weighted by molar-refractivity contribution is -0.138. The molecule has 3 rings (SSSR count). The molecule has 7 heteroatoms. The molecular formula is C20H29N3O4. The number of nitrogens with zero attached hydrogens (tertiary/aromatic N) is 3. The minimum atomic E-state index is -0.294. The van der Waals surface area contributed by atoms with Gasteiger partial charge in [0.1, 0.15) is 5.75 Å². The van der Waals surface area contributed by atoms with Crippen molar-refractivity contribution in [1.82, 2.24) is 9.80 Å². The molecule has 0 spiro atoms. The van der Waals surface area contributed by atoms with Gasteiger partial charge in [-0.25, -0.2) is 0 Å². The summed E-state index contributed by atoms with van der Waals surface area (Å²) in [5.41, 5.74) is 0.523. The first-order valence-corrected chi connectivity index (χ1v) is 9.45. The highest BCUT2D eigenvalue weighted by atomic mass is 16.5. The summed E-state index contributed by atoms with van der Waals surface area (Å²) >= 11 is 0. The molecule has 1 atom stereocenters. The number of ether oxygens (including phenoxy) is 1. The highest BCUT2D eigenvalue weighted by Gasteiger charge is 2.39. The van der Waals surface area contributed by atoms with Crippen molar-refractivity contribution in [3.05, 3.63) is 24.3 Å². The van der Waals surface area contributed by atoms with Crippen molar-refractivity contribution in [1.29, 1.82) is 0 Å². The molecule has 2 aliphatic rings. The third kappa shape index (κ3) is 4.09. The summed E-state index contributed by atoms with van der Waals surface area (Å²) in [5, 5.41) is 9.52. The molecule has 0 saturated carbocycles. The van der Waals surface area contributed by atoms with Gasteiger partial charge in [-0.15, -0.1) is 0 Å². The predicted molar refractivity (Wildman–Crippen MR) is 103 cm³/mol. The molecule has 148 valence electrons. The quantitative estimate of drug-likeness (QED) is 0.830. The molecule has 0 radical (unpaired) electrons. The van der Waals surface area contributed by atoms with Crippen molar-refractivity contribution in [2.45, 2.75) is 25.8 Å². The number of aliphatic hydroxyl groups is 1. The zero-order valence-electron chi connectivity index (χ0n) is 16.4. The lowest BCUT2D eigenvalue weighted by Crippen LogP contribution is -2.57. The van der Waals surface area contributed by atoms with E-state index in [2.05, 4.69) is 4.90 Å². The normalized spacial score (nSPS) is 21.6. The minimum absolute atomic E-state index is 0.0152. The second-order valence-electron chi connectivity index (χ2n) is 7.89. The van der Waals surface area contributed by atoms with Gasteiger partial charge in [0.15, 0.2) is 0 Å². The number of benzene rings is 1. The number of methoxy groups -OCH3 is 1. The van der Waals surface area contributed by atoms with E-state index < -0.39 is 0 Å². The van der Waals surface area contributed by atoms with Gasteiger partial charge in [-0.05, 0) is 38.1 Å². The van der Waals surface area contributed by atoms with Crippen molar-refractivity contribution in [3.8, 4) is 5.75 Å². The SMILES string of the molecule is COc1ccc(N2C[C@@H](C(=O)N3CCN(C(C)(C)CO)CC3)CC2=O)cc1. The second kappa shape index (κ2) is 7.86. The summed E-state index contributed by atoms with van der Waals surface area (Å²) in [6.45, 7) is 7.27. The van der Waals surface area contributed by atoms with Crippen LogP contribution in [0.5, 0.6) is 5.75 Å². The molecule has 2 saturated heterocycles. The number of aliphatic hydroxyl groups excluding tert-OH is 1. The summed E-state index contributed by atoms with van der Waals surface area (Å²) in [6, 6.07) is 7.33. The molecule has 2 amide bonds. The Bertz CT molecular complexity index is 681. The van der Waals surface area contributed by atoms with Crippen LogP contribution in [0.15, 0.2) is 24.3 Å². The van der Waals surface area contributed by atoms with E-state index >= 15 is 0 Å². The maximum absolute atomic E-state index is 12.9. The number of carbonyl (C=O) groups is 2. The number of hydrogen-bond acceptors (Lipinski definition) is 5. The average molecular weight is 375 g/mol. The number of anilines is 1. The van der Waals surface area contributed by atoms with E-state index in [0.717, 1.165) is 24.5 Å². The molecular weight excluding hydrogens is 346 g/mol. The Morgan fingerprint density at radius 1 is 1.19 bits per heavy atom. The molecule has 2 fully saturated rings. The summed E-state index contributed by atoms with van der Waals surface area (Å²) in [5.74, 6) is 0.484. The van der Waals surface area contributed by atoms with Gasteiger partial charge in [-0.3, -0.25) is 14.5 Å². The Morgan fingerprint density at radius 2 is 1.81 bits per heavy atom. The molecule has 1 N–H and O–H groups in total. The lowest BCUT2D eigenvalue weighted by atomic mass is 10.0. The van der Waals surface area contributed by atoms with Gasteiger partial charge in [-0.1, -0.05) is 0 Å². The number of amides is 2. The van der Waals surface area contributed by atoms with Gasteiger partial charge in [0.05, 0.1) is 19.6 Å². The molecule has 2 aliphatic heterocycles. The number of piperazine rings is 1. The predicted octanol–water partition coefficient (Wildman–Crippen LogP) is 0.963. The summed E-state index contributed by atoms with van der Waals surface area (Å²) in [7, 11) is 1.60. The maximum atomic E-state index is 12.9. The third-order valence-corrected chi connectivity index (χ3v) is 5.69. The van der Waals surface area contributed by atoms with Crippen LogP contribution in [0.1, 0.15) is 20.3 Å². The van der Waals surface area contributed by atoms with Gasteiger partial charge >= 0.3 is 0 Å². The van der Waals surface area contributed by atoms with Crippen LogP contribution in [-0.4, -0.2) is 78.7 Å². The van der Waals surface area contributed by atoms with Gasteiger partial charge in [0.2, 0.25) is 11.8 Å². The molecule has 0 unspecified atom stereocenters. The van der Waals surface area contributed by atoms with Gasteiger partial charge in [0.25, 0.3) is 0 Å². The van der Waals surface area contributed by atoms with Crippen molar-refractivity contribution in [2.75, 3.05) is 51.3 Å². The molecule has 0 bridgehead atoms. The zero-order chi connectivity index (χ0) is 19.6. The number of carbonyl (C=O) groups excluding carboxylic acids is 2. The van der Waals surface area contributed by atoms with Crippen LogP contribution in [0.3, 0.4) is 0 Å². The monoisotopic (exact) mass is 375 g/mol. The standard InChI is InChI=1S/C20H29N3O4/c1-20(2,14-24)22-10-8-21(9-11-22)19(26)15-12-18(25)23(13-15)16-4-6-17(27-3)7-5-16/h4-7,15,24H,8-14H2,1-3H3/t15-/m0/s1. The smallest absolute Gasteiger partial charge is 0.228 e. The van der Waals surface area contributed by atoms with E-state index in [1.165, 1.54) is 0 Å². The highest BCUT2D eigenvalue weighted by Crippen LogP contribution is 2.28. The van der Waals surface area contributed by atoms with E-state index in [-0.39, 0.29) is 36.3 Å². The molecule has 2 heterocycles. The first kappa shape index (κ1) is 19.6. The lowest BCUT2D eigenvalue weighted by Gasteiger charge is -2.43.